The zero-order valence-corrected chi connectivity index (χ0v) is 16.8. The maximum atomic E-state index is 10.7. The molecule has 0 saturated heterocycles. The second-order valence-electron chi connectivity index (χ2n) is 6.52. The van der Waals surface area contributed by atoms with Crippen LogP contribution in [-0.2, 0) is 11.4 Å². The van der Waals surface area contributed by atoms with Crippen LogP contribution in [0.3, 0.4) is 0 Å². The standard InChI is InChI=1S/C23H20ClNO4/c1-15-3-5-17(6-4-15)14-28-19-8-9-22(25-13-19)29-21-12-20(24)18(11-16(21)2)7-10-23(26)27/h3-13H,14H2,1-2H3,(H,26,27)/b10-7+. The van der Waals surface area contributed by atoms with Gasteiger partial charge in [-0.2, -0.15) is 0 Å². The number of carbonyl (C=O) groups is 1. The molecule has 0 saturated carbocycles. The highest BCUT2D eigenvalue weighted by Gasteiger charge is 2.08. The van der Waals surface area contributed by atoms with Crippen LogP contribution in [0.1, 0.15) is 22.3 Å². The number of hydrogen-bond donors (Lipinski definition) is 1. The lowest BCUT2D eigenvalue weighted by Crippen LogP contribution is -1.97. The minimum absolute atomic E-state index is 0.390. The number of benzene rings is 2. The lowest BCUT2D eigenvalue weighted by atomic mass is 10.1. The van der Waals surface area contributed by atoms with Gasteiger partial charge in [-0.1, -0.05) is 41.4 Å². The molecule has 0 amide bonds. The van der Waals surface area contributed by atoms with Gasteiger partial charge >= 0.3 is 5.97 Å². The van der Waals surface area contributed by atoms with Gasteiger partial charge in [0.2, 0.25) is 5.88 Å². The maximum absolute atomic E-state index is 10.7. The normalized spacial score (nSPS) is 10.9. The zero-order valence-electron chi connectivity index (χ0n) is 16.1. The average Bonchev–Trinajstić information content (AvgIpc) is 2.70. The fourth-order valence-electron chi connectivity index (χ4n) is 2.56. The van der Waals surface area contributed by atoms with Crippen molar-refractivity contribution in [1.82, 2.24) is 4.98 Å². The first-order chi connectivity index (χ1) is 13.9. The summed E-state index contributed by atoms with van der Waals surface area (Å²) in [5.41, 5.74) is 3.70. The highest BCUT2D eigenvalue weighted by Crippen LogP contribution is 2.31. The Morgan fingerprint density at radius 2 is 1.90 bits per heavy atom. The highest BCUT2D eigenvalue weighted by molar-refractivity contribution is 6.32. The molecule has 0 radical (unpaired) electrons. The molecule has 0 aliphatic carbocycles. The van der Waals surface area contributed by atoms with E-state index in [1.54, 1.807) is 30.5 Å². The Labute approximate surface area is 174 Å². The van der Waals surface area contributed by atoms with Gasteiger partial charge in [-0.05, 0) is 48.7 Å². The Bertz CT molecular complexity index is 1030. The van der Waals surface area contributed by atoms with E-state index in [1.807, 2.05) is 38.1 Å². The highest BCUT2D eigenvalue weighted by atomic mass is 35.5. The number of aromatic nitrogens is 1. The molecule has 1 heterocycles. The smallest absolute Gasteiger partial charge is 0.328 e. The quantitative estimate of drug-likeness (QED) is 0.498. The third kappa shape index (κ3) is 5.83. The largest absolute Gasteiger partial charge is 0.487 e. The molecule has 3 aromatic rings. The number of carboxylic acids is 1. The van der Waals surface area contributed by atoms with Crippen molar-refractivity contribution in [1.29, 1.82) is 0 Å². The fraction of sp³-hybridized carbons (Fsp3) is 0.130. The maximum Gasteiger partial charge on any atom is 0.328 e. The van der Waals surface area contributed by atoms with Crippen LogP contribution in [0, 0.1) is 13.8 Å². The van der Waals surface area contributed by atoms with Crippen molar-refractivity contribution in [2.45, 2.75) is 20.5 Å². The van der Waals surface area contributed by atoms with Crippen molar-refractivity contribution in [2.24, 2.45) is 0 Å². The van der Waals surface area contributed by atoms with Gasteiger partial charge in [0.15, 0.2) is 0 Å². The molecule has 148 valence electrons. The number of hydrogen-bond acceptors (Lipinski definition) is 4. The molecule has 0 spiro atoms. The summed E-state index contributed by atoms with van der Waals surface area (Å²) < 4.78 is 11.6. The summed E-state index contributed by atoms with van der Waals surface area (Å²) in [5, 5.41) is 9.14. The number of pyridine rings is 1. The number of aryl methyl sites for hydroxylation is 2. The van der Waals surface area contributed by atoms with Crippen molar-refractivity contribution >= 4 is 23.6 Å². The Kier molecular flexibility index (Phi) is 6.52. The number of nitrogens with zero attached hydrogens (tertiary/aromatic N) is 1. The molecule has 0 fully saturated rings. The summed E-state index contributed by atoms with van der Waals surface area (Å²) >= 11 is 6.22. The van der Waals surface area contributed by atoms with Crippen molar-refractivity contribution < 1.29 is 19.4 Å². The van der Waals surface area contributed by atoms with Crippen LogP contribution in [0.2, 0.25) is 5.02 Å². The molecule has 29 heavy (non-hydrogen) atoms. The van der Waals surface area contributed by atoms with Gasteiger partial charge in [-0.15, -0.1) is 0 Å². The van der Waals surface area contributed by atoms with Crippen LogP contribution in [0.5, 0.6) is 17.4 Å². The number of ether oxygens (including phenoxy) is 2. The van der Waals surface area contributed by atoms with Gasteiger partial charge in [0, 0.05) is 18.2 Å². The molecular weight excluding hydrogens is 390 g/mol. The van der Waals surface area contributed by atoms with Crippen LogP contribution in [0.15, 0.2) is 60.8 Å². The van der Waals surface area contributed by atoms with E-state index in [9.17, 15) is 4.79 Å². The van der Waals surface area contributed by atoms with Crippen LogP contribution < -0.4 is 9.47 Å². The first-order valence-corrected chi connectivity index (χ1v) is 9.32. The zero-order chi connectivity index (χ0) is 20.8. The molecule has 0 aliphatic rings. The lowest BCUT2D eigenvalue weighted by Gasteiger charge is -2.11. The van der Waals surface area contributed by atoms with Crippen molar-refractivity contribution in [3.8, 4) is 17.4 Å². The Hall–Kier alpha value is -3.31. The van der Waals surface area contributed by atoms with E-state index >= 15 is 0 Å². The second kappa shape index (κ2) is 9.26. The summed E-state index contributed by atoms with van der Waals surface area (Å²) in [7, 11) is 0. The van der Waals surface area contributed by atoms with Gasteiger partial charge < -0.3 is 14.6 Å². The molecular formula is C23H20ClNO4. The van der Waals surface area contributed by atoms with E-state index in [4.69, 9.17) is 26.2 Å². The Morgan fingerprint density at radius 1 is 1.14 bits per heavy atom. The predicted molar refractivity (Wildman–Crippen MR) is 113 cm³/mol. The predicted octanol–water partition coefficient (Wildman–Crippen LogP) is 5.82. The summed E-state index contributed by atoms with van der Waals surface area (Å²) in [6.45, 7) is 4.35. The number of rotatable bonds is 7. The summed E-state index contributed by atoms with van der Waals surface area (Å²) in [5.74, 6) is 0.554. The molecule has 0 aliphatic heterocycles. The molecule has 1 N–H and O–H groups in total. The van der Waals surface area contributed by atoms with E-state index in [-0.39, 0.29) is 0 Å². The number of aliphatic carboxylic acids is 1. The van der Waals surface area contributed by atoms with E-state index in [2.05, 4.69) is 4.98 Å². The summed E-state index contributed by atoms with van der Waals surface area (Å²) in [6.07, 6.45) is 4.09. The van der Waals surface area contributed by atoms with Crippen LogP contribution in [-0.4, -0.2) is 16.1 Å². The van der Waals surface area contributed by atoms with E-state index < -0.39 is 5.97 Å². The molecule has 3 rings (SSSR count). The minimum atomic E-state index is -1.03. The monoisotopic (exact) mass is 409 g/mol. The van der Waals surface area contributed by atoms with Gasteiger partial charge in [-0.3, -0.25) is 0 Å². The van der Waals surface area contributed by atoms with E-state index in [0.29, 0.717) is 34.6 Å². The molecule has 1 aromatic heterocycles. The first kappa shape index (κ1) is 20.4. The Balaban J connectivity index is 1.65. The fourth-order valence-corrected chi connectivity index (χ4v) is 2.78. The Morgan fingerprint density at radius 3 is 2.55 bits per heavy atom. The van der Waals surface area contributed by atoms with Crippen LogP contribution in [0.4, 0.5) is 0 Å². The number of carboxylic acid groups (broad SMARTS) is 1. The van der Waals surface area contributed by atoms with Gasteiger partial charge in [0.05, 0.1) is 11.2 Å². The van der Waals surface area contributed by atoms with Gasteiger partial charge in [0.25, 0.3) is 0 Å². The average molecular weight is 410 g/mol. The van der Waals surface area contributed by atoms with Crippen molar-refractivity contribution in [3.63, 3.8) is 0 Å². The van der Waals surface area contributed by atoms with Crippen molar-refractivity contribution in [2.75, 3.05) is 0 Å². The molecule has 0 unspecified atom stereocenters. The third-order valence-electron chi connectivity index (χ3n) is 4.15. The summed E-state index contributed by atoms with van der Waals surface area (Å²) in [6, 6.07) is 15.1. The summed E-state index contributed by atoms with van der Waals surface area (Å²) in [4.78, 5) is 14.9. The molecule has 2 aromatic carbocycles. The van der Waals surface area contributed by atoms with E-state index in [0.717, 1.165) is 17.2 Å². The van der Waals surface area contributed by atoms with E-state index in [1.165, 1.54) is 11.6 Å². The molecule has 0 atom stereocenters. The second-order valence-corrected chi connectivity index (χ2v) is 6.93. The molecule has 5 nitrogen and oxygen atoms in total. The van der Waals surface area contributed by atoms with Crippen LogP contribution >= 0.6 is 11.6 Å². The van der Waals surface area contributed by atoms with Gasteiger partial charge in [-0.25, -0.2) is 9.78 Å². The van der Waals surface area contributed by atoms with Crippen molar-refractivity contribution in [3.05, 3.63) is 88.1 Å². The molecule has 0 bridgehead atoms. The van der Waals surface area contributed by atoms with Crippen LogP contribution in [0.25, 0.3) is 6.08 Å². The lowest BCUT2D eigenvalue weighted by molar-refractivity contribution is -0.131. The molecule has 6 heteroatoms. The minimum Gasteiger partial charge on any atom is -0.487 e. The third-order valence-corrected chi connectivity index (χ3v) is 4.48. The van der Waals surface area contributed by atoms with Gasteiger partial charge in [0.1, 0.15) is 18.1 Å². The number of halogens is 1. The SMILES string of the molecule is Cc1ccc(COc2ccc(Oc3cc(Cl)c(/C=C/C(=O)O)cc3C)nc2)cc1. The first-order valence-electron chi connectivity index (χ1n) is 8.94. The topological polar surface area (TPSA) is 68.7 Å².